The summed E-state index contributed by atoms with van der Waals surface area (Å²) in [7, 11) is 0. The third kappa shape index (κ3) is 4.41. The molecule has 0 radical (unpaired) electrons. The van der Waals surface area contributed by atoms with Crippen molar-refractivity contribution in [3.63, 3.8) is 0 Å². The Bertz CT molecular complexity index is 636. The minimum absolute atomic E-state index is 0.0301. The summed E-state index contributed by atoms with van der Waals surface area (Å²) in [6, 6.07) is 6.70. The molecule has 1 aromatic heterocycles. The third-order valence-corrected chi connectivity index (χ3v) is 4.52. The van der Waals surface area contributed by atoms with Crippen molar-refractivity contribution in [2.24, 2.45) is 0 Å². The summed E-state index contributed by atoms with van der Waals surface area (Å²) in [5, 5.41) is 9.66. The van der Waals surface area contributed by atoms with Crippen LogP contribution in [0.5, 0.6) is 0 Å². The Labute approximate surface area is 141 Å². The van der Waals surface area contributed by atoms with Crippen LogP contribution in [0.1, 0.15) is 36.4 Å². The highest BCUT2D eigenvalue weighted by Crippen LogP contribution is 2.24. The lowest BCUT2D eigenvalue weighted by atomic mass is 10.1. The van der Waals surface area contributed by atoms with E-state index in [0.717, 1.165) is 24.2 Å². The largest absolute Gasteiger partial charge is 0.354 e. The van der Waals surface area contributed by atoms with Gasteiger partial charge < -0.3 is 5.32 Å². The second-order valence-electron chi connectivity index (χ2n) is 6.22. The van der Waals surface area contributed by atoms with E-state index in [1.54, 1.807) is 12.4 Å². The number of nitrogens with zero attached hydrogens (tertiary/aromatic N) is 2. The van der Waals surface area contributed by atoms with Crippen molar-refractivity contribution in [1.29, 1.82) is 0 Å². The number of hydrogen-bond donors (Lipinski definition) is 2. The maximum Gasteiger partial charge on any atom is 0.220 e. The number of amides is 1. The fourth-order valence-electron chi connectivity index (χ4n) is 3.17. The SMILES string of the molecule is O=C(CCc1cn[nH]c1)NCC(c1ccc(F)cc1)N1CCCC1. The lowest BCUT2D eigenvalue weighted by molar-refractivity contribution is -0.121. The molecular formula is C18H23FN4O. The molecule has 1 aliphatic heterocycles. The molecule has 3 rings (SSSR count). The molecule has 5 nitrogen and oxygen atoms in total. The van der Waals surface area contributed by atoms with Crippen LogP contribution in [0.15, 0.2) is 36.7 Å². The van der Waals surface area contributed by atoms with Crippen molar-refractivity contribution in [2.75, 3.05) is 19.6 Å². The molecule has 1 atom stereocenters. The van der Waals surface area contributed by atoms with E-state index in [1.807, 2.05) is 12.1 Å². The van der Waals surface area contributed by atoms with E-state index in [9.17, 15) is 9.18 Å². The van der Waals surface area contributed by atoms with Crippen LogP contribution >= 0.6 is 0 Å². The summed E-state index contributed by atoms with van der Waals surface area (Å²) in [4.78, 5) is 14.5. The lowest BCUT2D eigenvalue weighted by Crippen LogP contribution is -2.36. The normalized spacial score (nSPS) is 16.2. The van der Waals surface area contributed by atoms with E-state index in [2.05, 4.69) is 20.4 Å². The molecule has 1 saturated heterocycles. The van der Waals surface area contributed by atoms with Crippen molar-refractivity contribution in [3.05, 3.63) is 53.6 Å². The summed E-state index contributed by atoms with van der Waals surface area (Å²) in [6.07, 6.45) is 7.00. The summed E-state index contributed by atoms with van der Waals surface area (Å²) in [6.45, 7) is 2.59. The van der Waals surface area contributed by atoms with Crippen LogP contribution in [0.3, 0.4) is 0 Å². The second-order valence-corrected chi connectivity index (χ2v) is 6.22. The molecule has 2 N–H and O–H groups in total. The van der Waals surface area contributed by atoms with Crippen molar-refractivity contribution in [1.82, 2.24) is 20.4 Å². The van der Waals surface area contributed by atoms with Crippen molar-refractivity contribution < 1.29 is 9.18 Å². The number of aromatic nitrogens is 2. The maximum atomic E-state index is 13.2. The molecule has 1 unspecified atom stereocenters. The predicted octanol–water partition coefficient (Wildman–Crippen LogP) is 2.43. The van der Waals surface area contributed by atoms with E-state index >= 15 is 0 Å². The van der Waals surface area contributed by atoms with Crippen LogP contribution in [-0.4, -0.2) is 40.6 Å². The first-order valence-corrected chi connectivity index (χ1v) is 8.46. The number of nitrogens with one attached hydrogen (secondary N) is 2. The summed E-state index contributed by atoms with van der Waals surface area (Å²) in [5.41, 5.74) is 2.08. The van der Waals surface area contributed by atoms with Gasteiger partial charge in [-0.25, -0.2) is 4.39 Å². The monoisotopic (exact) mass is 330 g/mol. The first kappa shape index (κ1) is 16.6. The fraction of sp³-hybridized carbons (Fsp3) is 0.444. The van der Waals surface area contributed by atoms with Gasteiger partial charge in [0, 0.05) is 19.2 Å². The molecule has 1 aromatic carbocycles. The Morgan fingerprint density at radius 2 is 2.04 bits per heavy atom. The van der Waals surface area contributed by atoms with E-state index < -0.39 is 0 Å². The molecule has 0 saturated carbocycles. The molecule has 2 aromatic rings. The van der Waals surface area contributed by atoms with E-state index in [-0.39, 0.29) is 17.8 Å². The van der Waals surface area contributed by atoms with Gasteiger partial charge in [0.05, 0.1) is 12.2 Å². The number of carbonyl (C=O) groups is 1. The number of rotatable bonds is 7. The molecule has 24 heavy (non-hydrogen) atoms. The van der Waals surface area contributed by atoms with Crippen LogP contribution in [0, 0.1) is 5.82 Å². The van der Waals surface area contributed by atoms with Crippen LogP contribution in [-0.2, 0) is 11.2 Å². The number of aromatic amines is 1. The number of H-pyrrole nitrogens is 1. The quantitative estimate of drug-likeness (QED) is 0.820. The number of likely N-dealkylation sites (tertiary alicyclic amines) is 1. The highest BCUT2D eigenvalue weighted by molar-refractivity contribution is 5.76. The van der Waals surface area contributed by atoms with Gasteiger partial charge in [0.15, 0.2) is 0 Å². The van der Waals surface area contributed by atoms with Gasteiger partial charge in [0.1, 0.15) is 5.82 Å². The predicted molar refractivity (Wildman–Crippen MR) is 89.9 cm³/mol. The molecule has 0 bridgehead atoms. The number of carbonyl (C=O) groups excluding carboxylic acids is 1. The maximum absolute atomic E-state index is 13.2. The van der Waals surface area contributed by atoms with Crippen LogP contribution in [0.25, 0.3) is 0 Å². The van der Waals surface area contributed by atoms with Crippen LogP contribution in [0.2, 0.25) is 0 Å². The second kappa shape index (κ2) is 8.06. The van der Waals surface area contributed by atoms with Gasteiger partial charge in [0.25, 0.3) is 0 Å². The Hall–Kier alpha value is -2.21. The average molecular weight is 330 g/mol. The molecule has 0 spiro atoms. The lowest BCUT2D eigenvalue weighted by Gasteiger charge is -2.28. The molecular weight excluding hydrogens is 307 g/mol. The van der Waals surface area contributed by atoms with E-state index in [0.29, 0.717) is 19.4 Å². The molecule has 1 fully saturated rings. The zero-order chi connectivity index (χ0) is 16.8. The molecule has 1 aliphatic rings. The molecule has 128 valence electrons. The number of benzene rings is 1. The fourth-order valence-corrected chi connectivity index (χ4v) is 3.17. The molecule has 0 aliphatic carbocycles. The highest BCUT2D eigenvalue weighted by Gasteiger charge is 2.23. The summed E-state index contributed by atoms with van der Waals surface area (Å²) < 4.78 is 13.2. The minimum Gasteiger partial charge on any atom is -0.354 e. The van der Waals surface area contributed by atoms with Crippen LogP contribution in [0.4, 0.5) is 4.39 Å². The Morgan fingerprint density at radius 3 is 2.71 bits per heavy atom. The average Bonchev–Trinajstić information content (AvgIpc) is 3.28. The van der Waals surface area contributed by atoms with Crippen molar-refractivity contribution in [3.8, 4) is 0 Å². The molecule has 1 amide bonds. The summed E-state index contributed by atoms with van der Waals surface area (Å²) in [5.74, 6) is -0.203. The minimum atomic E-state index is -0.233. The van der Waals surface area contributed by atoms with Crippen molar-refractivity contribution >= 4 is 5.91 Å². The number of aryl methyl sites for hydroxylation is 1. The van der Waals surface area contributed by atoms with Gasteiger partial charge >= 0.3 is 0 Å². The smallest absolute Gasteiger partial charge is 0.220 e. The van der Waals surface area contributed by atoms with E-state index in [4.69, 9.17) is 0 Å². The third-order valence-electron chi connectivity index (χ3n) is 4.52. The van der Waals surface area contributed by atoms with Gasteiger partial charge in [-0.05, 0) is 55.6 Å². The topological polar surface area (TPSA) is 61.0 Å². The molecule has 6 heteroatoms. The summed E-state index contributed by atoms with van der Waals surface area (Å²) >= 11 is 0. The number of hydrogen-bond acceptors (Lipinski definition) is 3. The van der Waals surface area contributed by atoms with Crippen LogP contribution < -0.4 is 5.32 Å². The highest BCUT2D eigenvalue weighted by atomic mass is 19.1. The first-order chi connectivity index (χ1) is 11.7. The standard InChI is InChI=1S/C18H23FN4O/c19-16-6-4-15(5-7-16)17(23-9-1-2-10-23)13-20-18(24)8-3-14-11-21-22-12-14/h4-7,11-12,17H,1-3,8-10,13H2,(H,20,24)(H,21,22). The van der Waals surface area contributed by atoms with Gasteiger partial charge in [-0.2, -0.15) is 5.10 Å². The Balaban J connectivity index is 1.57. The van der Waals surface area contributed by atoms with E-state index in [1.165, 1.54) is 25.0 Å². The Morgan fingerprint density at radius 1 is 1.29 bits per heavy atom. The zero-order valence-corrected chi connectivity index (χ0v) is 13.7. The molecule has 2 heterocycles. The van der Waals surface area contributed by atoms with Gasteiger partial charge in [-0.3, -0.25) is 14.8 Å². The number of halogens is 1. The first-order valence-electron chi connectivity index (χ1n) is 8.46. The van der Waals surface area contributed by atoms with Gasteiger partial charge in [-0.1, -0.05) is 12.1 Å². The van der Waals surface area contributed by atoms with Gasteiger partial charge in [0.2, 0.25) is 5.91 Å². The van der Waals surface area contributed by atoms with Gasteiger partial charge in [-0.15, -0.1) is 0 Å². The zero-order valence-electron chi connectivity index (χ0n) is 13.7. The Kier molecular flexibility index (Phi) is 5.59. The van der Waals surface area contributed by atoms with Crippen molar-refractivity contribution in [2.45, 2.75) is 31.7 Å².